The third-order valence-electron chi connectivity index (χ3n) is 5.75. The summed E-state index contributed by atoms with van der Waals surface area (Å²) in [5.41, 5.74) is 4.26. The molecule has 172 valence electrons. The molecule has 34 heavy (non-hydrogen) atoms. The van der Waals surface area contributed by atoms with Crippen LogP contribution in [-0.2, 0) is 24.3 Å². The van der Waals surface area contributed by atoms with Gasteiger partial charge in [0.25, 0.3) is 5.56 Å². The first-order chi connectivity index (χ1) is 16.4. The predicted octanol–water partition coefficient (Wildman–Crippen LogP) is 3.60. The van der Waals surface area contributed by atoms with Crippen LogP contribution in [0.2, 0.25) is 0 Å². The van der Waals surface area contributed by atoms with Gasteiger partial charge in [-0.15, -0.1) is 0 Å². The number of aromatic nitrogens is 5. The second-order valence-corrected chi connectivity index (χ2v) is 8.35. The van der Waals surface area contributed by atoms with Crippen LogP contribution in [-0.4, -0.2) is 30.2 Å². The lowest BCUT2D eigenvalue weighted by atomic mass is 10.1. The molecule has 9 heteroatoms. The first-order valence-electron chi connectivity index (χ1n) is 11.1. The Morgan fingerprint density at radius 1 is 1.09 bits per heavy atom. The number of rotatable bonds is 6. The summed E-state index contributed by atoms with van der Waals surface area (Å²) < 4.78 is 8.40. The van der Waals surface area contributed by atoms with Gasteiger partial charge in [0.05, 0.1) is 11.8 Å². The zero-order chi connectivity index (χ0) is 23.8. The highest BCUT2D eigenvalue weighted by Crippen LogP contribution is 2.26. The van der Waals surface area contributed by atoms with Gasteiger partial charge >= 0.3 is 0 Å². The predicted molar refractivity (Wildman–Crippen MR) is 129 cm³/mol. The van der Waals surface area contributed by atoms with Crippen LogP contribution >= 0.6 is 0 Å². The molecule has 0 spiro atoms. The highest BCUT2D eigenvalue weighted by molar-refractivity contribution is 6.06. The summed E-state index contributed by atoms with van der Waals surface area (Å²) in [6, 6.07) is 13.4. The number of fused-ring (bicyclic) bond motifs is 3. The maximum atomic E-state index is 13.5. The third-order valence-corrected chi connectivity index (χ3v) is 5.75. The van der Waals surface area contributed by atoms with Crippen LogP contribution in [0.15, 0.2) is 58.1 Å². The van der Waals surface area contributed by atoms with Gasteiger partial charge in [0.1, 0.15) is 24.1 Å². The largest absolute Gasteiger partial charge is 0.337 e. The number of amides is 1. The second-order valence-electron chi connectivity index (χ2n) is 8.35. The molecule has 0 radical (unpaired) electrons. The van der Waals surface area contributed by atoms with E-state index in [1.54, 1.807) is 4.57 Å². The Bertz CT molecular complexity index is 1580. The molecule has 0 bridgehead atoms. The lowest BCUT2D eigenvalue weighted by Crippen LogP contribution is -2.25. The zero-order valence-electron chi connectivity index (χ0n) is 19.2. The zero-order valence-corrected chi connectivity index (χ0v) is 19.2. The number of nitrogens with zero attached hydrogens (tertiary/aromatic N) is 5. The lowest BCUT2D eigenvalue weighted by Gasteiger charge is -2.09. The van der Waals surface area contributed by atoms with E-state index in [-0.39, 0.29) is 24.6 Å². The molecule has 9 nitrogen and oxygen atoms in total. The minimum atomic E-state index is -0.279. The second kappa shape index (κ2) is 8.58. The summed E-state index contributed by atoms with van der Waals surface area (Å²) >= 11 is 0. The molecular formula is C25H24N6O3. The number of carbonyl (C=O) groups is 1. The van der Waals surface area contributed by atoms with Crippen molar-refractivity contribution in [2.24, 2.45) is 0 Å². The normalized spacial score (nSPS) is 11.4. The first-order valence-corrected chi connectivity index (χ1v) is 11.1. The van der Waals surface area contributed by atoms with E-state index in [1.807, 2.05) is 63.2 Å². The molecule has 1 amide bonds. The first kappa shape index (κ1) is 21.6. The van der Waals surface area contributed by atoms with Crippen LogP contribution in [0.1, 0.15) is 29.8 Å². The maximum absolute atomic E-state index is 13.5. The van der Waals surface area contributed by atoms with Gasteiger partial charge in [-0.25, -0.2) is 4.98 Å². The Balaban J connectivity index is 1.58. The molecule has 2 aromatic carbocycles. The minimum absolute atomic E-state index is 0.0294. The molecule has 1 N–H and O–H groups in total. The molecule has 0 saturated carbocycles. The van der Waals surface area contributed by atoms with Crippen molar-refractivity contribution in [3.8, 4) is 0 Å². The van der Waals surface area contributed by atoms with E-state index in [2.05, 4.69) is 20.4 Å². The summed E-state index contributed by atoms with van der Waals surface area (Å²) in [4.78, 5) is 35.4. The monoisotopic (exact) mass is 456 g/mol. The van der Waals surface area contributed by atoms with Crippen LogP contribution in [0.4, 0.5) is 5.69 Å². The van der Waals surface area contributed by atoms with Crippen molar-refractivity contribution in [3.05, 3.63) is 82.0 Å². The van der Waals surface area contributed by atoms with Crippen molar-refractivity contribution in [3.63, 3.8) is 0 Å². The fraction of sp³-hybridized carbons (Fsp3) is 0.240. The Morgan fingerprint density at radius 2 is 1.85 bits per heavy atom. The average Bonchev–Trinajstić information content (AvgIpc) is 3.40. The Labute approximate surface area is 195 Å². The fourth-order valence-electron chi connectivity index (χ4n) is 4.02. The van der Waals surface area contributed by atoms with Crippen molar-refractivity contribution in [1.82, 2.24) is 24.3 Å². The standard InChI is InChI=1S/C25H24N6O3/c1-4-20-28-22(34-29-20)13-30-14-26-23-18-11-16(3)7-10-19(18)31(24(23)25(30)33)12-21(32)27-17-8-5-15(2)6-9-17/h5-11,14H,4,12-13H2,1-3H3,(H,27,32). The number of carbonyl (C=O) groups excluding carboxylic acids is 1. The van der Waals surface area contributed by atoms with Gasteiger partial charge in [0.15, 0.2) is 5.82 Å². The van der Waals surface area contributed by atoms with Gasteiger partial charge in [0, 0.05) is 17.5 Å². The van der Waals surface area contributed by atoms with Crippen LogP contribution in [0.3, 0.4) is 0 Å². The molecule has 0 fully saturated rings. The van der Waals surface area contributed by atoms with Crippen molar-refractivity contribution in [2.75, 3.05) is 5.32 Å². The van der Waals surface area contributed by atoms with Gasteiger partial charge < -0.3 is 14.4 Å². The van der Waals surface area contributed by atoms with E-state index in [9.17, 15) is 9.59 Å². The number of hydrogen-bond donors (Lipinski definition) is 1. The van der Waals surface area contributed by atoms with Gasteiger partial charge in [-0.2, -0.15) is 4.98 Å². The topological polar surface area (TPSA) is 108 Å². The molecule has 0 saturated heterocycles. The van der Waals surface area contributed by atoms with E-state index in [4.69, 9.17) is 4.52 Å². The van der Waals surface area contributed by atoms with Crippen LogP contribution in [0.5, 0.6) is 0 Å². The van der Waals surface area contributed by atoms with E-state index in [0.29, 0.717) is 34.9 Å². The summed E-state index contributed by atoms with van der Waals surface area (Å²) in [5.74, 6) is 0.674. The summed E-state index contributed by atoms with van der Waals surface area (Å²) in [7, 11) is 0. The molecule has 0 aliphatic heterocycles. The Kier molecular flexibility index (Phi) is 5.45. The average molecular weight is 457 g/mol. The number of benzene rings is 2. The molecule has 0 aliphatic rings. The molecule has 0 atom stereocenters. The van der Waals surface area contributed by atoms with Crippen molar-refractivity contribution in [1.29, 1.82) is 0 Å². The third kappa shape index (κ3) is 3.96. The quantitative estimate of drug-likeness (QED) is 0.418. The smallest absolute Gasteiger partial charge is 0.278 e. The van der Waals surface area contributed by atoms with Crippen LogP contribution in [0, 0.1) is 13.8 Å². The Hall–Kier alpha value is -4.27. The van der Waals surface area contributed by atoms with Crippen LogP contribution in [0.25, 0.3) is 21.9 Å². The van der Waals surface area contributed by atoms with Gasteiger partial charge in [0.2, 0.25) is 11.8 Å². The SMILES string of the molecule is CCc1noc(Cn2cnc3c4cc(C)ccc4n(CC(=O)Nc4ccc(C)cc4)c3c2=O)n1. The van der Waals surface area contributed by atoms with Crippen molar-refractivity contribution in [2.45, 2.75) is 40.3 Å². The number of anilines is 1. The number of hydrogen-bond acceptors (Lipinski definition) is 6. The van der Waals surface area contributed by atoms with Gasteiger partial charge in [-0.3, -0.25) is 14.2 Å². The highest BCUT2D eigenvalue weighted by Gasteiger charge is 2.19. The van der Waals surface area contributed by atoms with E-state index in [0.717, 1.165) is 22.0 Å². The molecule has 3 aromatic heterocycles. The summed E-state index contributed by atoms with van der Waals surface area (Å²) in [6.07, 6.45) is 2.12. The van der Waals surface area contributed by atoms with Crippen molar-refractivity contribution >= 4 is 33.5 Å². The highest BCUT2D eigenvalue weighted by atomic mass is 16.5. The van der Waals surface area contributed by atoms with Gasteiger partial charge in [-0.1, -0.05) is 41.4 Å². The minimum Gasteiger partial charge on any atom is -0.337 e. The maximum Gasteiger partial charge on any atom is 0.278 e. The lowest BCUT2D eigenvalue weighted by molar-refractivity contribution is -0.116. The number of nitrogens with one attached hydrogen (secondary N) is 1. The molecule has 5 aromatic rings. The molecule has 5 rings (SSSR count). The van der Waals surface area contributed by atoms with E-state index in [1.165, 1.54) is 10.9 Å². The Morgan fingerprint density at radius 3 is 2.59 bits per heavy atom. The number of aryl methyl sites for hydroxylation is 3. The molecule has 3 heterocycles. The van der Waals surface area contributed by atoms with Gasteiger partial charge in [-0.05, 0) is 38.1 Å². The summed E-state index contributed by atoms with van der Waals surface area (Å²) in [6.45, 7) is 5.97. The fourth-order valence-corrected chi connectivity index (χ4v) is 4.02. The van der Waals surface area contributed by atoms with Crippen molar-refractivity contribution < 1.29 is 9.32 Å². The molecule has 0 unspecified atom stereocenters. The van der Waals surface area contributed by atoms with Crippen LogP contribution < -0.4 is 10.9 Å². The molecular weight excluding hydrogens is 432 g/mol. The van der Waals surface area contributed by atoms with E-state index >= 15 is 0 Å². The molecule has 0 aliphatic carbocycles. The summed E-state index contributed by atoms with van der Waals surface area (Å²) in [5, 5.41) is 7.63. The van der Waals surface area contributed by atoms with E-state index < -0.39 is 0 Å².